The van der Waals surface area contributed by atoms with E-state index in [0.717, 1.165) is 5.56 Å². The van der Waals surface area contributed by atoms with Gasteiger partial charge in [0.05, 0.1) is 6.04 Å². The van der Waals surface area contributed by atoms with Crippen molar-refractivity contribution in [3.05, 3.63) is 53.6 Å². The Balaban J connectivity index is 2.02. The van der Waals surface area contributed by atoms with Gasteiger partial charge in [-0.15, -0.1) is 5.48 Å². The van der Waals surface area contributed by atoms with Crippen LogP contribution in [0.25, 0.3) is 12.2 Å². The molecule has 0 radical (unpaired) electrons. The maximum atomic E-state index is 10.9. The first kappa shape index (κ1) is 19.0. The van der Waals surface area contributed by atoms with Crippen LogP contribution < -0.4 is 10.3 Å². The maximum Gasteiger partial charge on any atom is 0.303 e. The van der Waals surface area contributed by atoms with E-state index in [4.69, 9.17) is 9.94 Å². The molecule has 0 unspecified atom stereocenters. The molecule has 0 fully saturated rings. The van der Waals surface area contributed by atoms with Gasteiger partial charge in [0, 0.05) is 12.5 Å². The molecule has 0 aromatic heterocycles. The van der Waals surface area contributed by atoms with Crippen LogP contribution in [0.2, 0.25) is 0 Å². The number of phenolic OH excluding ortho intramolecular Hbond substituents is 2. The largest absolute Gasteiger partial charge is 0.508 e. The number of carbonyl (C=O) groups is 2. The van der Waals surface area contributed by atoms with Gasteiger partial charge in [-0.2, -0.15) is 0 Å². The zero-order chi connectivity index (χ0) is 18.9. The molecule has 2 aromatic rings. The van der Waals surface area contributed by atoms with Crippen LogP contribution in [0.5, 0.6) is 17.2 Å². The average Bonchev–Trinajstić information content (AvgIpc) is 2.61. The van der Waals surface area contributed by atoms with Gasteiger partial charge < -0.3 is 25.0 Å². The topological polar surface area (TPSA) is 116 Å². The van der Waals surface area contributed by atoms with Gasteiger partial charge in [0.2, 0.25) is 0 Å². The SMILES string of the molecule is O=C[C@@H](CCC(=O)O)NOc1cc(O)cc(/C=C\c2ccc(O)cc2)c1. The lowest BCUT2D eigenvalue weighted by molar-refractivity contribution is -0.137. The minimum absolute atomic E-state index is 0.0251. The van der Waals surface area contributed by atoms with Crippen molar-refractivity contribution in [1.29, 1.82) is 0 Å². The molecule has 0 saturated heterocycles. The Morgan fingerprint density at radius 3 is 2.38 bits per heavy atom. The van der Waals surface area contributed by atoms with Crippen molar-refractivity contribution >= 4 is 24.4 Å². The number of hydroxylamine groups is 1. The van der Waals surface area contributed by atoms with Crippen molar-refractivity contribution < 1.29 is 29.7 Å². The summed E-state index contributed by atoms with van der Waals surface area (Å²) in [5.41, 5.74) is 4.00. The number of aliphatic carboxylic acids is 1. The Morgan fingerprint density at radius 2 is 1.73 bits per heavy atom. The lowest BCUT2D eigenvalue weighted by Gasteiger charge is -2.13. The van der Waals surface area contributed by atoms with E-state index in [9.17, 15) is 19.8 Å². The van der Waals surface area contributed by atoms with Crippen LogP contribution in [0, 0.1) is 0 Å². The number of aromatic hydroxyl groups is 2. The second kappa shape index (κ2) is 9.24. The van der Waals surface area contributed by atoms with Gasteiger partial charge >= 0.3 is 5.97 Å². The van der Waals surface area contributed by atoms with Crippen LogP contribution in [0.1, 0.15) is 24.0 Å². The zero-order valence-corrected chi connectivity index (χ0v) is 13.8. The van der Waals surface area contributed by atoms with E-state index >= 15 is 0 Å². The molecule has 1 atom stereocenters. The summed E-state index contributed by atoms with van der Waals surface area (Å²) >= 11 is 0. The van der Waals surface area contributed by atoms with Crippen molar-refractivity contribution in [3.63, 3.8) is 0 Å². The van der Waals surface area contributed by atoms with E-state index in [2.05, 4.69) is 5.48 Å². The van der Waals surface area contributed by atoms with Gasteiger partial charge in [0.15, 0.2) is 5.75 Å². The van der Waals surface area contributed by atoms with Gasteiger partial charge in [-0.1, -0.05) is 24.3 Å². The van der Waals surface area contributed by atoms with Crippen molar-refractivity contribution in [3.8, 4) is 17.2 Å². The Morgan fingerprint density at radius 1 is 1.04 bits per heavy atom. The lowest BCUT2D eigenvalue weighted by atomic mass is 10.1. The quantitative estimate of drug-likeness (QED) is 0.310. The number of benzene rings is 2. The van der Waals surface area contributed by atoms with E-state index in [-0.39, 0.29) is 30.1 Å². The van der Waals surface area contributed by atoms with Crippen molar-refractivity contribution in [1.82, 2.24) is 5.48 Å². The molecule has 2 rings (SSSR count). The molecule has 0 saturated carbocycles. The molecule has 0 aliphatic heterocycles. The van der Waals surface area contributed by atoms with Crippen LogP contribution in [0.4, 0.5) is 0 Å². The summed E-state index contributed by atoms with van der Waals surface area (Å²) in [6.45, 7) is 0. The van der Waals surface area contributed by atoms with Crippen LogP contribution in [-0.4, -0.2) is 33.6 Å². The summed E-state index contributed by atoms with van der Waals surface area (Å²) in [6, 6.07) is 10.4. The maximum absolute atomic E-state index is 10.9. The number of phenols is 2. The molecule has 7 heteroatoms. The molecule has 4 N–H and O–H groups in total. The van der Waals surface area contributed by atoms with E-state index < -0.39 is 12.0 Å². The Kier molecular flexibility index (Phi) is 6.75. The third-order valence-corrected chi connectivity index (χ3v) is 3.44. The fourth-order valence-electron chi connectivity index (χ4n) is 2.12. The molecular weight excluding hydrogens is 338 g/mol. The van der Waals surface area contributed by atoms with E-state index in [1.165, 1.54) is 12.1 Å². The van der Waals surface area contributed by atoms with Gasteiger partial charge in [0.1, 0.15) is 17.8 Å². The highest BCUT2D eigenvalue weighted by molar-refractivity contribution is 5.71. The molecule has 0 heterocycles. The third kappa shape index (κ3) is 6.29. The summed E-state index contributed by atoms with van der Waals surface area (Å²) in [4.78, 5) is 26.8. The Hall–Kier alpha value is -3.32. The van der Waals surface area contributed by atoms with Gasteiger partial charge in [-0.25, -0.2) is 0 Å². The van der Waals surface area contributed by atoms with Gasteiger partial charge in [-0.05, 0) is 41.8 Å². The molecular formula is C19H19NO6. The number of aldehydes is 1. The first-order valence-electron chi connectivity index (χ1n) is 7.87. The smallest absolute Gasteiger partial charge is 0.303 e. The first-order chi connectivity index (χ1) is 12.5. The molecule has 0 aliphatic carbocycles. The molecule has 26 heavy (non-hydrogen) atoms. The van der Waals surface area contributed by atoms with Gasteiger partial charge in [-0.3, -0.25) is 4.79 Å². The number of hydrogen-bond acceptors (Lipinski definition) is 6. The van der Waals surface area contributed by atoms with Crippen LogP contribution in [-0.2, 0) is 9.59 Å². The Labute approximate surface area is 150 Å². The fourth-order valence-corrected chi connectivity index (χ4v) is 2.12. The monoisotopic (exact) mass is 357 g/mol. The molecule has 7 nitrogen and oxygen atoms in total. The molecule has 0 aliphatic rings. The van der Waals surface area contributed by atoms with E-state index in [1.54, 1.807) is 42.5 Å². The second-order valence-electron chi connectivity index (χ2n) is 5.58. The second-order valence-corrected chi connectivity index (χ2v) is 5.58. The number of hydrogen-bond donors (Lipinski definition) is 4. The predicted molar refractivity (Wildman–Crippen MR) is 95.6 cm³/mol. The average molecular weight is 357 g/mol. The van der Waals surface area contributed by atoms with Crippen molar-refractivity contribution in [2.45, 2.75) is 18.9 Å². The van der Waals surface area contributed by atoms with Crippen LogP contribution in [0.3, 0.4) is 0 Å². The third-order valence-electron chi connectivity index (χ3n) is 3.44. The minimum atomic E-state index is -1.00. The summed E-state index contributed by atoms with van der Waals surface area (Å²) in [5.74, 6) is -0.577. The van der Waals surface area contributed by atoms with Crippen molar-refractivity contribution in [2.75, 3.05) is 0 Å². The number of nitrogens with one attached hydrogen (secondary N) is 1. The van der Waals surface area contributed by atoms with Crippen molar-refractivity contribution in [2.24, 2.45) is 0 Å². The molecule has 2 aromatic carbocycles. The number of carbonyl (C=O) groups excluding carboxylic acids is 1. The Bertz CT molecular complexity index is 785. The van der Waals surface area contributed by atoms with E-state index in [0.29, 0.717) is 11.8 Å². The lowest BCUT2D eigenvalue weighted by Crippen LogP contribution is -2.33. The summed E-state index contributed by atoms with van der Waals surface area (Å²) < 4.78 is 0. The normalized spacial score (nSPS) is 12.0. The molecule has 0 bridgehead atoms. The molecule has 0 amide bonds. The van der Waals surface area contributed by atoms with Crippen LogP contribution in [0.15, 0.2) is 42.5 Å². The van der Waals surface area contributed by atoms with Gasteiger partial charge in [0.25, 0.3) is 0 Å². The number of carboxylic acid groups (broad SMARTS) is 1. The highest BCUT2D eigenvalue weighted by Gasteiger charge is 2.10. The predicted octanol–water partition coefficient (Wildman–Crippen LogP) is 2.58. The highest BCUT2D eigenvalue weighted by Crippen LogP contribution is 2.23. The summed E-state index contributed by atoms with van der Waals surface area (Å²) in [7, 11) is 0. The minimum Gasteiger partial charge on any atom is -0.508 e. The highest BCUT2D eigenvalue weighted by atomic mass is 16.6. The molecule has 136 valence electrons. The summed E-state index contributed by atoms with van der Waals surface area (Å²) in [6.07, 6.45) is 4.04. The van der Waals surface area contributed by atoms with E-state index in [1.807, 2.05) is 0 Å². The summed E-state index contributed by atoms with van der Waals surface area (Å²) in [5, 5.41) is 27.7. The number of rotatable bonds is 9. The fraction of sp³-hybridized carbons (Fsp3) is 0.158. The standard InChI is InChI=1S/C19H19NO6/c21-12-15(5-8-19(24)25)20-26-18-10-14(9-17(23)11-18)2-1-13-3-6-16(22)7-4-13/h1-4,6-7,9-12,15,20,22-23H,5,8H2,(H,24,25)/b2-1-/t15-/m1/s1. The first-order valence-corrected chi connectivity index (χ1v) is 7.87. The molecule has 0 spiro atoms. The zero-order valence-electron chi connectivity index (χ0n) is 13.8. The number of carboxylic acids is 1. The van der Waals surface area contributed by atoms with Crippen LogP contribution >= 0.6 is 0 Å².